The molecular weight excluding hydrogens is 672 g/mol. The van der Waals surface area contributed by atoms with Crippen molar-refractivity contribution in [3.8, 4) is 5.75 Å². The fourth-order valence-electron chi connectivity index (χ4n) is 5.49. The van der Waals surface area contributed by atoms with E-state index in [4.69, 9.17) is 25.5 Å². The van der Waals surface area contributed by atoms with E-state index in [1.54, 1.807) is 25.3 Å². The summed E-state index contributed by atoms with van der Waals surface area (Å²) >= 11 is 9.27. The lowest BCUT2D eigenvalue weighted by molar-refractivity contribution is -0.180. The molecule has 8 nitrogen and oxygen atoms in total. The van der Waals surface area contributed by atoms with E-state index in [2.05, 4.69) is 44.1 Å². The average molecular weight is 721 g/mol. The molecule has 0 radical (unpaired) electrons. The summed E-state index contributed by atoms with van der Waals surface area (Å²) < 4.78 is 18.1. The third-order valence-electron chi connectivity index (χ3n) is 9.76. The Morgan fingerprint density at radius 2 is 1.70 bits per heavy atom. The van der Waals surface area contributed by atoms with Gasteiger partial charge in [0.1, 0.15) is 11.4 Å². The quantitative estimate of drug-likeness (QED) is 0.135. The maximum absolute atomic E-state index is 13.5. The standard InChI is InChI=1S/C35H49ClN2O6S2Si/c1-33(2,3)47(7,8)43-23-24-21-26(36)27(22-28(24)42-6)37-31(39)15-18-38(5)25-13-16-34(4,17-14-25)44-32(40)35(41,29-11-9-19-45-29)30-12-10-20-46-30/h9-12,19-22,25,41H,13-18,23H2,1-8H3,(H,37,39). The first-order chi connectivity index (χ1) is 22.0. The number of methoxy groups -OCH3 is 1. The molecule has 1 fully saturated rings. The van der Waals surface area contributed by atoms with E-state index in [0.29, 0.717) is 58.6 Å². The molecule has 1 saturated carbocycles. The van der Waals surface area contributed by atoms with Crippen molar-refractivity contribution in [2.24, 2.45) is 0 Å². The van der Waals surface area contributed by atoms with Gasteiger partial charge in [0.05, 0.1) is 34.2 Å². The van der Waals surface area contributed by atoms with Crippen molar-refractivity contribution in [2.75, 3.05) is 26.0 Å². The number of thiophene rings is 2. The van der Waals surface area contributed by atoms with Gasteiger partial charge in [-0.05, 0) is 86.7 Å². The Bertz CT molecular complexity index is 1460. The molecular formula is C35H49ClN2O6S2Si. The summed E-state index contributed by atoms with van der Waals surface area (Å²) in [6.07, 6.45) is 3.22. The number of carbonyl (C=O) groups excluding carboxylic acids is 2. The molecule has 47 heavy (non-hydrogen) atoms. The van der Waals surface area contributed by atoms with Crippen LogP contribution in [0.3, 0.4) is 0 Å². The number of esters is 1. The predicted molar refractivity (Wildman–Crippen MR) is 194 cm³/mol. The number of hydrogen-bond acceptors (Lipinski definition) is 9. The normalized spacial score (nSPS) is 19.1. The van der Waals surface area contributed by atoms with Gasteiger partial charge in [0.25, 0.3) is 0 Å². The molecule has 258 valence electrons. The van der Waals surface area contributed by atoms with Crippen LogP contribution in [0.5, 0.6) is 5.75 Å². The van der Waals surface area contributed by atoms with Crippen LogP contribution in [0.1, 0.15) is 75.1 Å². The Kier molecular flexibility index (Phi) is 12.1. The van der Waals surface area contributed by atoms with E-state index < -0.39 is 25.5 Å². The molecule has 0 aliphatic heterocycles. The number of amides is 1. The molecule has 0 unspecified atom stereocenters. The lowest BCUT2D eigenvalue weighted by Crippen LogP contribution is -2.47. The van der Waals surface area contributed by atoms with Crippen molar-refractivity contribution in [1.82, 2.24) is 4.90 Å². The van der Waals surface area contributed by atoms with Crippen molar-refractivity contribution in [3.63, 3.8) is 0 Å². The Morgan fingerprint density at radius 1 is 1.11 bits per heavy atom. The maximum Gasteiger partial charge on any atom is 0.349 e. The first-order valence-electron chi connectivity index (χ1n) is 16.0. The van der Waals surface area contributed by atoms with E-state index in [1.165, 1.54) is 22.7 Å². The van der Waals surface area contributed by atoms with Gasteiger partial charge < -0.3 is 29.2 Å². The van der Waals surface area contributed by atoms with Crippen LogP contribution in [0.2, 0.25) is 23.2 Å². The zero-order valence-electron chi connectivity index (χ0n) is 28.8. The van der Waals surface area contributed by atoms with Crippen molar-refractivity contribution in [3.05, 3.63) is 67.5 Å². The SMILES string of the molecule is COc1cc(NC(=O)CCN(C)C2CCC(C)(OC(=O)C(O)(c3cccs3)c3cccs3)CC2)c(Cl)cc1CO[Si](C)(C)C(C)(C)C. The van der Waals surface area contributed by atoms with Gasteiger partial charge in [-0.25, -0.2) is 4.79 Å². The number of anilines is 1. The van der Waals surface area contributed by atoms with E-state index in [9.17, 15) is 14.7 Å². The number of rotatable bonds is 13. The van der Waals surface area contributed by atoms with Crippen LogP contribution in [0.4, 0.5) is 5.69 Å². The number of nitrogens with zero attached hydrogens (tertiary/aromatic N) is 1. The van der Waals surface area contributed by atoms with Crippen LogP contribution >= 0.6 is 34.3 Å². The minimum Gasteiger partial charge on any atom is -0.496 e. The third kappa shape index (κ3) is 8.86. The van der Waals surface area contributed by atoms with Gasteiger partial charge in [-0.1, -0.05) is 44.5 Å². The summed E-state index contributed by atoms with van der Waals surface area (Å²) in [5.74, 6) is -0.155. The third-order valence-corrected chi connectivity index (χ3v) is 16.5. The number of aliphatic hydroxyl groups is 1. The second kappa shape index (κ2) is 15.1. The molecule has 0 atom stereocenters. The van der Waals surface area contributed by atoms with Gasteiger partial charge in [0.2, 0.25) is 11.5 Å². The molecule has 2 N–H and O–H groups in total. The predicted octanol–water partition coefficient (Wildman–Crippen LogP) is 8.43. The number of benzene rings is 1. The zero-order chi connectivity index (χ0) is 34.6. The summed E-state index contributed by atoms with van der Waals surface area (Å²) in [4.78, 5) is 29.8. The summed E-state index contributed by atoms with van der Waals surface area (Å²) in [5.41, 5.74) is -1.16. The molecule has 3 aromatic rings. The summed E-state index contributed by atoms with van der Waals surface area (Å²) in [5, 5.41) is 18.8. The van der Waals surface area contributed by atoms with E-state index in [0.717, 1.165) is 18.4 Å². The Morgan fingerprint density at radius 3 is 2.21 bits per heavy atom. The molecule has 1 amide bonds. The molecule has 2 aromatic heterocycles. The van der Waals surface area contributed by atoms with Crippen LogP contribution in [0, 0.1) is 0 Å². The fourth-order valence-corrected chi connectivity index (χ4v) is 8.38. The Balaban J connectivity index is 1.29. The Labute approximate surface area is 293 Å². The van der Waals surface area contributed by atoms with E-state index in [-0.39, 0.29) is 17.0 Å². The molecule has 4 rings (SSSR count). The number of nitrogens with one attached hydrogen (secondary N) is 1. The zero-order valence-corrected chi connectivity index (χ0v) is 32.2. The smallest absolute Gasteiger partial charge is 0.349 e. The molecule has 0 spiro atoms. The lowest BCUT2D eigenvalue weighted by Gasteiger charge is -2.41. The van der Waals surface area contributed by atoms with Crippen LogP contribution < -0.4 is 10.1 Å². The summed E-state index contributed by atoms with van der Waals surface area (Å²) in [6.45, 7) is 13.9. The molecule has 2 heterocycles. The first-order valence-corrected chi connectivity index (χ1v) is 21.1. The number of hydrogen-bond donors (Lipinski definition) is 2. The Hall–Kier alpha value is -2.25. The average Bonchev–Trinajstić information content (AvgIpc) is 3.75. The lowest BCUT2D eigenvalue weighted by atomic mass is 9.82. The van der Waals surface area contributed by atoms with Crippen molar-refractivity contribution in [1.29, 1.82) is 0 Å². The van der Waals surface area contributed by atoms with E-state index in [1.807, 2.05) is 42.9 Å². The highest BCUT2D eigenvalue weighted by atomic mass is 35.5. The summed E-state index contributed by atoms with van der Waals surface area (Å²) in [6, 6.07) is 11.0. The molecule has 0 bridgehead atoms. The fraction of sp³-hybridized carbons (Fsp3) is 0.543. The second-order valence-corrected chi connectivity index (χ2v) is 21.3. The van der Waals surface area contributed by atoms with Crippen LogP contribution in [0.15, 0.2) is 47.2 Å². The first kappa shape index (κ1) is 37.6. The van der Waals surface area contributed by atoms with Gasteiger partial charge in [-0.2, -0.15) is 0 Å². The van der Waals surface area contributed by atoms with Crippen molar-refractivity contribution in [2.45, 2.75) is 102 Å². The van der Waals surface area contributed by atoms with Crippen LogP contribution in [-0.2, 0) is 31.0 Å². The second-order valence-electron chi connectivity index (χ2n) is 14.2. The van der Waals surface area contributed by atoms with E-state index >= 15 is 0 Å². The molecule has 0 saturated heterocycles. The largest absolute Gasteiger partial charge is 0.496 e. The van der Waals surface area contributed by atoms with Gasteiger partial charge in [-0.3, -0.25) is 4.79 Å². The maximum atomic E-state index is 13.5. The summed E-state index contributed by atoms with van der Waals surface area (Å²) in [7, 11) is 1.66. The van der Waals surface area contributed by atoms with Gasteiger partial charge in [-0.15, -0.1) is 22.7 Å². The molecule has 1 aliphatic carbocycles. The van der Waals surface area contributed by atoms with Crippen LogP contribution in [0.25, 0.3) is 0 Å². The minimum atomic E-state index is -1.96. The highest BCUT2D eigenvalue weighted by Crippen LogP contribution is 2.41. The van der Waals surface area contributed by atoms with Gasteiger partial charge >= 0.3 is 5.97 Å². The highest BCUT2D eigenvalue weighted by Gasteiger charge is 2.47. The molecule has 1 aromatic carbocycles. The highest BCUT2D eigenvalue weighted by molar-refractivity contribution is 7.12. The number of ether oxygens (including phenoxy) is 2. The van der Waals surface area contributed by atoms with Gasteiger partial charge in [0, 0.05) is 30.6 Å². The van der Waals surface area contributed by atoms with Gasteiger partial charge in [0.15, 0.2) is 8.32 Å². The minimum absolute atomic E-state index is 0.0799. The number of carbonyl (C=O) groups is 2. The molecule has 12 heteroatoms. The number of halogens is 1. The monoisotopic (exact) mass is 720 g/mol. The molecule has 1 aliphatic rings. The van der Waals surface area contributed by atoms with Crippen molar-refractivity contribution >= 4 is 60.2 Å². The van der Waals surface area contributed by atoms with Crippen LogP contribution in [-0.4, -0.2) is 62.5 Å². The van der Waals surface area contributed by atoms with Crippen molar-refractivity contribution < 1.29 is 28.6 Å². The topological polar surface area (TPSA) is 97.3 Å².